The van der Waals surface area contributed by atoms with Crippen LogP contribution in [-0.4, -0.2) is 36.5 Å². The van der Waals surface area contributed by atoms with E-state index in [0.29, 0.717) is 6.54 Å². The Bertz CT molecular complexity index is 710. The second-order valence-corrected chi connectivity index (χ2v) is 7.85. The number of benzene rings is 1. The van der Waals surface area contributed by atoms with Gasteiger partial charge in [0.05, 0.1) is 5.92 Å². The minimum Gasteiger partial charge on any atom is -0.452 e. The minimum atomic E-state index is -0.845. The van der Waals surface area contributed by atoms with Crippen LogP contribution in [0.15, 0.2) is 24.3 Å². The molecular formula is C22H30N2O4. The smallest absolute Gasteiger partial charge is 0.312 e. The SMILES string of the molecule is CCc1ccc(N2C[C@H](C(=O)O[C@@H](C)C(=O)NC3CCCCC3)CC2=O)cc1. The lowest BCUT2D eigenvalue weighted by Crippen LogP contribution is -2.43. The van der Waals surface area contributed by atoms with E-state index in [4.69, 9.17) is 4.74 Å². The molecule has 0 radical (unpaired) electrons. The van der Waals surface area contributed by atoms with Gasteiger partial charge in [-0.3, -0.25) is 14.4 Å². The van der Waals surface area contributed by atoms with E-state index in [0.717, 1.165) is 37.8 Å². The Hall–Kier alpha value is -2.37. The summed E-state index contributed by atoms with van der Waals surface area (Å²) in [4.78, 5) is 38.8. The van der Waals surface area contributed by atoms with Crippen LogP contribution in [0.25, 0.3) is 0 Å². The van der Waals surface area contributed by atoms with Crippen molar-refractivity contribution < 1.29 is 19.1 Å². The van der Waals surface area contributed by atoms with Gasteiger partial charge >= 0.3 is 5.97 Å². The summed E-state index contributed by atoms with van der Waals surface area (Å²) < 4.78 is 5.38. The summed E-state index contributed by atoms with van der Waals surface area (Å²) in [5, 5.41) is 2.98. The van der Waals surface area contributed by atoms with Crippen molar-refractivity contribution in [3.63, 3.8) is 0 Å². The van der Waals surface area contributed by atoms with E-state index in [-0.39, 0.29) is 24.3 Å². The van der Waals surface area contributed by atoms with Gasteiger partial charge in [0.25, 0.3) is 5.91 Å². The molecule has 1 N–H and O–H groups in total. The van der Waals surface area contributed by atoms with Gasteiger partial charge in [-0.1, -0.05) is 38.3 Å². The van der Waals surface area contributed by atoms with Gasteiger partial charge in [0.15, 0.2) is 6.10 Å². The summed E-state index contributed by atoms with van der Waals surface area (Å²) in [6.07, 6.45) is 5.63. The average molecular weight is 386 g/mol. The van der Waals surface area contributed by atoms with E-state index in [1.165, 1.54) is 12.0 Å². The molecule has 1 aliphatic carbocycles. The summed E-state index contributed by atoms with van der Waals surface area (Å²) in [7, 11) is 0. The van der Waals surface area contributed by atoms with E-state index in [2.05, 4.69) is 12.2 Å². The van der Waals surface area contributed by atoms with Gasteiger partial charge in [0, 0.05) is 24.7 Å². The van der Waals surface area contributed by atoms with Gasteiger partial charge < -0.3 is 15.0 Å². The molecule has 6 nitrogen and oxygen atoms in total. The number of hydrogen-bond acceptors (Lipinski definition) is 4. The normalized spacial score (nSPS) is 21.4. The number of carbonyl (C=O) groups excluding carboxylic acids is 3. The van der Waals surface area contributed by atoms with E-state index >= 15 is 0 Å². The number of nitrogens with zero attached hydrogens (tertiary/aromatic N) is 1. The number of ether oxygens (including phenoxy) is 1. The molecule has 0 unspecified atom stereocenters. The molecule has 1 saturated heterocycles. The van der Waals surface area contributed by atoms with Crippen molar-refractivity contribution in [2.75, 3.05) is 11.4 Å². The van der Waals surface area contributed by atoms with Crippen molar-refractivity contribution in [1.82, 2.24) is 5.32 Å². The zero-order chi connectivity index (χ0) is 20.1. The lowest BCUT2D eigenvalue weighted by atomic mass is 9.95. The molecule has 0 bridgehead atoms. The summed E-state index contributed by atoms with van der Waals surface area (Å²) in [6.45, 7) is 3.96. The molecule has 2 fully saturated rings. The number of amides is 2. The number of esters is 1. The maximum Gasteiger partial charge on any atom is 0.312 e. The third-order valence-electron chi connectivity index (χ3n) is 5.73. The number of anilines is 1. The fraction of sp³-hybridized carbons (Fsp3) is 0.591. The van der Waals surface area contributed by atoms with Gasteiger partial charge in [-0.05, 0) is 43.9 Å². The predicted octanol–water partition coefficient (Wildman–Crippen LogP) is 2.98. The first-order valence-electron chi connectivity index (χ1n) is 10.4. The zero-order valence-corrected chi connectivity index (χ0v) is 16.8. The molecule has 28 heavy (non-hydrogen) atoms. The summed E-state index contributed by atoms with van der Waals surface area (Å²) in [6, 6.07) is 7.98. The monoisotopic (exact) mass is 386 g/mol. The second kappa shape index (κ2) is 9.22. The van der Waals surface area contributed by atoms with Crippen LogP contribution in [0.2, 0.25) is 0 Å². The van der Waals surface area contributed by atoms with Crippen molar-refractivity contribution in [2.24, 2.45) is 5.92 Å². The fourth-order valence-corrected chi connectivity index (χ4v) is 3.92. The first kappa shape index (κ1) is 20.4. The topological polar surface area (TPSA) is 75.7 Å². The molecular weight excluding hydrogens is 356 g/mol. The van der Waals surface area contributed by atoms with Crippen LogP contribution in [0.4, 0.5) is 5.69 Å². The highest BCUT2D eigenvalue weighted by Crippen LogP contribution is 2.26. The van der Waals surface area contributed by atoms with Crippen molar-refractivity contribution >= 4 is 23.5 Å². The Morgan fingerprint density at radius 3 is 2.50 bits per heavy atom. The molecule has 2 atom stereocenters. The van der Waals surface area contributed by atoms with Crippen LogP contribution in [0.5, 0.6) is 0 Å². The first-order valence-corrected chi connectivity index (χ1v) is 10.4. The van der Waals surface area contributed by atoms with Crippen LogP contribution in [0.1, 0.15) is 57.9 Å². The summed E-state index contributed by atoms with van der Waals surface area (Å²) in [5.41, 5.74) is 1.99. The third-order valence-corrected chi connectivity index (χ3v) is 5.73. The Labute approximate surface area is 166 Å². The third kappa shape index (κ3) is 4.91. The van der Waals surface area contributed by atoms with Crippen molar-refractivity contribution in [3.8, 4) is 0 Å². The molecule has 1 heterocycles. The molecule has 2 amide bonds. The van der Waals surface area contributed by atoms with Gasteiger partial charge in [-0.2, -0.15) is 0 Å². The van der Waals surface area contributed by atoms with Gasteiger partial charge in [-0.15, -0.1) is 0 Å². The van der Waals surface area contributed by atoms with E-state index in [1.807, 2.05) is 24.3 Å². The summed E-state index contributed by atoms with van der Waals surface area (Å²) in [5.74, 6) is -1.36. The molecule has 0 spiro atoms. The second-order valence-electron chi connectivity index (χ2n) is 7.85. The largest absolute Gasteiger partial charge is 0.452 e. The maximum atomic E-state index is 12.5. The molecule has 6 heteroatoms. The van der Waals surface area contributed by atoms with Gasteiger partial charge in [0.1, 0.15) is 0 Å². The van der Waals surface area contributed by atoms with Crippen molar-refractivity contribution in [1.29, 1.82) is 0 Å². The Morgan fingerprint density at radius 1 is 1.18 bits per heavy atom. The average Bonchev–Trinajstić information content (AvgIpc) is 3.10. The lowest BCUT2D eigenvalue weighted by molar-refractivity contribution is -0.158. The maximum absolute atomic E-state index is 12.5. The van der Waals surface area contributed by atoms with Crippen LogP contribution < -0.4 is 10.2 Å². The number of hydrogen-bond donors (Lipinski definition) is 1. The number of aryl methyl sites for hydroxylation is 1. The van der Waals surface area contributed by atoms with Crippen molar-refractivity contribution in [2.45, 2.75) is 70.9 Å². The molecule has 1 aromatic rings. The lowest BCUT2D eigenvalue weighted by Gasteiger charge is -2.24. The van der Waals surface area contributed by atoms with E-state index in [9.17, 15) is 14.4 Å². The molecule has 1 saturated carbocycles. The Kier molecular flexibility index (Phi) is 6.70. The number of rotatable bonds is 6. The predicted molar refractivity (Wildman–Crippen MR) is 107 cm³/mol. The highest BCUT2D eigenvalue weighted by Gasteiger charge is 2.37. The van der Waals surface area contributed by atoms with Crippen LogP contribution in [0, 0.1) is 5.92 Å². The van der Waals surface area contributed by atoms with Gasteiger partial charge in [0.2, 0.25) is 5.91 Å². The molecule has 2 aliphatic rings. The highest BCUT2D eigenvalue weighted by atomic mass is 16.5. The standard InChI is InChI=1S/C22H30N2O4/c1-3-16-9-11-19(12-10-16)24-14-17(13-20(24)25)22(27)28-15(2)21(26)23-18-7-5-4-6-8-18/h9-12,15,17-18H,3-8,13-14H2,1-2H3,(H,23,26)/t15-,17+/m0/s1. The number of carbonyl (C=O) groups is 3. The van der Waals surface area contributed by atoms with E-state index in [1.54, 1.807) is 11.8 Å². The number of nitrogens with one attached hydrogen (secondary N) is 1. The van der Waals surface area contributed by atoms with E-state index < -0.39 is 18.0 Å². The molecule has 1 aromatic carbocycles. The van der Waals surface area contributed by atoms with Crippen molar-refractivity contribution in [3.05, 3.63) is 29.8 Å². The highest BCUT2D eigenvalue weighted by molar-refractivity contribution is 5.99. The molecule has 1 aliphatic heterocycles. The zero-order valence-electron chi connectivity index (χ0n) is 16.8. The quantitative estimate of drug-likeness (QED) is 0.763. The van der Waals surface area contributed by atoms with Gasteiger partial charge in [-0.25, -0.2) is 0 Å². The molecule has 0 aromatic heterocycles. The molecule has 3 rings (SSSR count). The van der Waals surface area contributed by atoms with Crippen LogP contribution >= 0.6 is 0 Å². The van der Waals surface area contributed by atoms with Crippen LogP contribution in [0.3, 0.4) is 0 Å². The Morgan fingerprint density at radius 2 is 1.86 bits per heavy atom. The Balaban J connectivity index is 1.52. The minimum absolute atomic E-state index is 0.0921. The fourth-order valence-electron chi connectivity index (χ4n) is 3.92. The molecule has 152 valence electrons. The van der Waals surface area contributed by atoms with Crippen LogP contribution in [-0.2, 0) is 25.5 Å². The summed E-state index contributed by atoms with van der Waals surface area (Å²) >= 11 is 0. The first-order chi connectivity index (χ1) is 13.5.